The summed E-state index contributed by atoms with van der Waals surface area (Å²) in [4.78, 5) is 36.3. The van der Waals surface area contributed by atoms with Crippen LogP contribution in [0, 0.1) is 6.92 Å². The maximum Gasteiger partial charge on any atom is 0.302 e. The molecule has 2 heterocycles. The third kappa shape index (κ3) is 4.92. The van der Waals surface area contributed by atoms with Crippen LogP contribution in [0.5, 0.6) is 5.75 Å². The van der Waals surface area contributed by atoms with Gasteiger partial charge in [-0.15, -0.1) is 0 Å². The normalized spacial score (nSPS) is 17.4. The van der Waals surface area contributed by atoms with E-state index in [-0.39, 0.29) is 28.8 Å². The molecule has 2 N–H and O–H groups in total. The zero-order valence-corrected chi connectivity index (χ0v) is 23.1. The molecule has 1 unspecified atom stereocenters. The monoisotopic (exact) mass is 523 g/mol. The lowest BCUT2D eigenvalue weighted by Gasteiger charge is -2.25. The molecule has 1 aromatic heterocycles. The molecule has 1 saturated heterocycles. The van der Waals surface area contributed by atoms with Crippen molar-refractivity contribution in [2.75, 3.05) is 4.90 Å². The van der Waals surface area contributed by atoms with Crippen LogP contribution in [-0.2, 0) is 15.0 Å². The smallest absolute Gasteiger partial charge is 0.302 e. The molecule has 1 fully saturated rings. The number of fused-ring (bicyclic) bond motifs is 1. The molecular formula is C32H33N3O4. The first-order valence-corrected chi connectivity index (χ1v) is 13.1. The highest BCUT2D eigenvalue weighted by Gasteiger charge is 2.48. The van der Waals surface area contributed by atoms with Gasteiger partial charge in [-0.25, -0.2) is 4.98 Å². The van der Waals surface area contributed by atoms with Crippen molar-refractivity contribution in [3.63, 3.8) is 0 Å². The molecule has 1 amide bonds. The van der Waals surface area contributed by atoms with Crippen LogP contribution >= 0.6 is 0 Å². The number of H-pyrrole nitrogens is 1. The van der Waals surface area contributed by atoms with Crippen molar-refractivity contribution >= 4 is 34.4 Å². The molecule has 0 aliphatic carbocycles. The fraction of sp³-hybridized carbons (Fsp3) is 0.281. The third-order valence-corrected chi connectivity index (χ3v) is 6.89. The number of carbonyl (C=O) groups is 2. The molecule has 200 valence electrons. The van der Waals surface area contributed by atoms with Crippen molar-refractivity contribution in [2.24, 2.45) is 0 Å². The predicted molar refractivity (Wildman–Crippen MR) is 153 cm³/mol. The number of aromatic amines is 1. The van der Waals surface area contributed by atoms with E-state index in [2.05, 4.69) is 30.7 Å². The highest BCUT2D eigenvalue weighted by molar-refractivity contribution is 6.51. The Morgan fingerprint density at radius 2 is 1.67 bits per heavy atom. The second-order valence-electron chi connectivity index (χ2n) is 11.3. The summed E-state index contributed by atoms with van der Waals surface area (Å²) in [6.07, 6.45) is -0.00145. The summed E-state index contributed by atoms with van der Waals surface area (Å²) in [6.45, 7) is 12.2. The van der Waals surface area contributed by atoms with E-state index >= 15 is 0 Å². The lowest BCUT2D eigenvalue weighted by molar-refractivity contribution is -0.132. The second kappa shape index (κ2) is 9.73. The predicted octanol–water partition coefficient (Wildman–Crippen LogP) is 6.58. The van der Waals surface area contributed by atoms with Crippen molar-refractivity contribution in [1.82, 2.24) is 9.97 Å². The SMILES string of the molecule is Cc1ccc2nc(N3C(=O)C(=O)/C(=C(/O)c4ccc(OC(C)C)cc4)C3c3ccc(C(C)(C)C)cc3)[nH]c2c1. The highest BCUT2D eigenvalue weighted by atomic mass is 16.5. The molecule has 0 saturated carbocycles. The van der Waals surface area contributed by atoms with Crippen molar-refractivity contribution in [1.29, 1.82) is 0 Å². The molecule has 1 aliphatic heterocycles. The molecule has 0 radical (unpaired) electrons. The number of aromatic nitrogens is 2. The molecule has 4 aromatic rings. The summed E-state index contributed by atoms with van der Waals surface area (Å²) in [5.41, 5.74) is 4.65. The number of aliphatic hydroxyl groups is 1. The molecule has 3 aromatic carbocycles. The quantitative estimate of drug-likeness (QED) is 0.175. The topological polar surface area (TPSA) is 95.5 Å². The van der Waals surface area contributed by atoms with Gasteiger partial charge in [0.15, 0.2) is 0 Å². The van der Waals surface area contributed by atoms with Crippen LogP contribution in [0.4, 0.5) is 5.95 Å². The fourth-order valence-corrected chi connectivity index (χ4v) is 4.87. The zero-order chi connectivity index (χ0) is 28.1. The first kappa shape index (κ1) is 26.2. The number of aryl methyl sites for hydroxylation is 1. The third-order valence-electron chi connectivity index (χ3n) is 6.89. The Kier molecular flexibility index (Phi) is 6.54. The van der Waals surface area contributed by atoms with E-state index in [4.69, 9.17) is 4.74 Å². The van der Waals surface area contributed by atoms with Crippen LogP contribution < -0.4 is 9.64 Å². The standard InChI is InChI=1S/C32H33N3O4/c1-18(2)39-23-14-10-21(11-15-23)28(36)26-27(20-8-12-22(13-9-20)32(4,5)6)35(30(38)29(26)37)31-33-24-16-7-19(3)17-25(24)34-31/h7-18,27,36H,1-6H3,(H,33,34)/b28-26+. The minimum absolute atomic E-state index is 0.00145. The van der Waals surface area contributed by atoms with Crippen LogP contribution in [0.25, 0.3) is 16.8 Å². The van der Waals surface area contributed by atoms with Crippen molar-refractivity contribution in [3.05, 3.63) is 94.6 Å². The number of ketones is 1. The van der Waals surface area contributed by atoms with Gasteiger partial charge in [-0.3, -0.25) is 14.5 Å². The van der Waals surface area contributed by atoms with Crippen LogP contribution in [0.15, 0.2) is 72.3 Å². The van der Waals surface area contributed by atoms with Gasteiger partial charge in [0.1, 0.15) is 11.5 Å². The van der Waals surface area contributed by atoms with Gasteiger partial charge in [-0.05, 0) is 79.3 Å². The Bertz CT molecular complexity index is 1590. The first-order valence-electron chi connectivity index (χ1n) is 13.1. The van der Waals surface area contributed by atoms with Crippen molar-refractivity contribution in [3.8, 4) is 5.75 Å². The number of hydrogen-bond donors (Lipinski definition) is 2. The Balaban J connectivity index is 1.66. The summed E-state index contributed by atoms with van der Waals surface area (Å²) in [6, 6.07) is 19.5. The van der Waals surface area contributed by atoms with Gasteiger partial charge < -0.3 is 14.8 Å². The number of imidazole rings is 1. The molecule has 5 rings (SSSR count). The lowest BCUT2D eigenvalue weighted by Crippen LogP contribution is -2.30. The molecule has 1 atom stereocenters. The summed E-state index contributed by atoms with van der Waals surface area (Å²) in [5, 5.41) is 11.4. The van der Waals surface area contributed by atoms with E-state index in [0.29, 0.717) is 22.4 Å². The van der Waals surface area contributed by atoms with E-state index in [9.17, 15) is 14.7 Å². The molecule has 0 bridgehead atoms. The van der Waals surface area contributed by atoms with Gasteiger partial charge in [-0.1, -0.05) is 51.1 Å². The second-order valence-corrected chi connectivity index (χ2v) is 11.3. The van der Waals surface area contributed by atoms with E-state index in [1.165, 1.54) is 4.90 Å². The van der Waals surface area contributed by atoms with Crippen molar-refractivity contribution < 1.29 is 19.4 Å². The van der Waals surface area contributed by atoms with Crippen LogP contribution in [-0.4, -0.2) is 32.9 Å². The van der Waals surface area contributed by atoms with Crippen LogP contribution in [0.3, 0.4) is 0 Å². The van der Waals surface area contributed by atoms with Gasteiger partial charge in [0.25, 0.3) is 5.78 Å². The number of Topliss-reactive ketones (excluding diaryl/α,β-unsaturated/α-hetero) is 1. The fourth-order valence-electron chi connectivity index (χ4n) is 4.87. The van der Waals surface area contributed by atoms with Crippen molar-refractivity contribution in [2.45, 2.75) is 59.1 Å². The van der Waals surface area contributed by atoms with Gasteiger partial charge in [-0.2, -0.15) is 0 Å². The minimum Gasteiger partial charge on any atom is -0.507 e. The summed E-state index contributed by atoms with van der Waals surface area (Å²) < 4.78 is 5.71. The largest absolute Gasteiger partial charge is 0.507 e. The van der Waals surface area contributed by atoms with E-state index < -0.39 is 17.7 Å². The maximum atomic E-state index is 13.5. The first-order chi connectivity index (χ1) is 18.4. The summed E-state index contributed by atoms with van der Waals surface area (Å²) in [5.74, 6) is -0.867. The van der Waals surface area contributed by atoms with E-state index in [1.807, 2.05) is 63.2 Å². The highest BCUT2D eigenvalue weighted by Crippen LogP contribution is 2.42. The molecule has 7 heteroatoms. The number of rotatable bonds is 5. The number of carbonyl (C=O) groups excluding carboxylic acids is 2. The molecule has 1 aliphatic rings. The number of nitrogens with one attached hydrogen (secondary N) is 1. The van der Waals surface area contributed by atoms with Gasteiger partial charge >= 0.3 is 5.91 Å². The van der Waals surface area contributed by atoms with Gasteiger partial charge in [0.2, 0.25) is 5.95 Å². The average Bonchev–Trinajstić information content (AvgIpc) is 3.41. The molecule has 0 spiro atoms. The number of aliphatic hydroxyl groups excluding tert-OH is 1. The lowest BCUT2D eigenvalue weighted by atomic mass is 9.85. The minimum atomic E-state index is -0.868. The maximum absolute atomic E-state index is 13.5. The number of nitrogens with zero attached hydrogens (tertiary/aromatic N) is 2. The Labute approximate surface area is 228 Å². The molecule has 39 heavy (non-hydrogen) atoms. The average molecular weight is 524 g/mol. The number of anilines is 1. The van der Waals surface area contributed by atoms with Crippen LogP contribution in [0.2, 0.25) is 0 Å². The Hall–Kier alpha value is -4.39. The Morgan fingerprint density at radius 1 is 1.00 bits per heavy atom. The number of benzene rings is 3. The number of ether oxygens (including phenoxy) is 1. The summed E-state index contributed by atoms with van der Waals surface area (Å²) in [7, 11) is 0. The summed E-state index contributed by atoms with van der Waals surface area (Å²) >= 11 is 0. The zero-order valence-electron chi connectivity index (χ0n) is 23.1. The molecular weight excluding hydrogens is 490 g/mol. The molecule has 7 nitrogen and oxygen atoms in total. The van der Waals surface area contributed by atoms with E-state index in [1.54, 1.807) is 24.3 Å². The van der Waals surface area contributed by atoms with Gasteiger partial charge in [0, 0.05) is 5.56 Å². The van der Waals surface area contributed by atoms with Crippen LogP contribution in [0.1, 0.15) is 62.9 Å². The van der Waals surface area contributed by atoms with E-state index in [0.717, 1.165) is 16.6 Å². The van der Waals surface area contributed by atoms with Gasteiger partial charge in [0.05, 0.1) is 28.8 Å². The number of amides is 1. The number of hydrogen-bond acceptors (Lipinski definition) is 5. The Morgan fingerprint density at radius 3 is 2.28 bits per heavy atom.